The molecule has 2 aromatic carbocycles. The zero-order valence-electron chi connectivity index (χ0n) is 14.3. The summed E-state index contributed by atoms with van der Waals surface area (Å²) in [6, 6.07) is 20.5. The zero-order chi connectivity index (χ0) is 17.5. The van der Waals surface area contributed by atoms with Crippen molar-refractivity contribution in [3.05, 3.63) is 89.1 Å². The number of benzene rings is 2. The Kier molecular flexibility index (Phi) is 5.86. The Morgan fingerprint density at radius 2 is 1.64 bits per heavy atom. The number of hydrogen-bond donors (Lipinski definition) is 0. The summed E-state index contributed by atoms with van der Waals surface area (Å²) in [5, 5.41) is 5.01. The van der Waals surface area contributed by atoms with Gasteiger partial charge in [0.25, 0.3) is 0 Å². The average molecular weight is 348 g/mol. The molecule has 0 fully saturated rings. The molecule has 0 amide bonds. The molecule has 3 rings (SSSR count). The van der Waals surface area contributed by atoms with Crippen LogP contribution in [0.25, 0.3) is 0 Å². The average Bonchev–Trinajstić information content (AvgIpc) is 2.63. The second-order valence-corrected chi connectivity index (χ2v) is 6.87. The Bertz CT molecular complexity index is 843. The molecule has 0 aliphatic heterocycles. The maximum atomic E-state index is 5.42. The molecule has 0 atom stereocenters. The summed E-state index contributed by atoms with van der Waals surface area (Å²) in [7, 11) is 0. The minimum Gasteiger partial charge on any atom is -0.391 e. The van der Waals surface area contributed by atoms with Gasteiger partial charge in [-0.2, -0.15) is 0 Å². The Morgan fingerprint density at radius 1 is 0.960 bits per heavy atom. The molecule has 0 saturated carbocycles. The van der Waals surface area contributed by atoms with Crippen molar-refractivity contribution in [2.75, 3.05) is 0 Å². The van der Waals surface area contributed by atoms with E-state index >= 15 is 0 Å². The molecule has 0 spiro atoms. The van der Waals surface area contributed by atoms with Gasteiger partial charge >= 0.3 is 0 Å². The first-order valence-corrected chi connectivity index (χ1v) is 8.93. The molecule has 0 aliphatic carbocycles. The Morgan fingerprint density at radius 3 is 2.36 bits per heavy atom. The topological polar surface area (TPSA) is 34.5 Å². The summed E-state index contributed by atoms with van der Waals surface area (Å²) in [6.45, 7) is 4.61. The molecule has 0 bridgehead atoms. The maximum Gasteiger partial charge on any atom is 0.142 e. The molecule has 0 N–H and O–H groups in total. The number of hydrogen-bond acceptors (Lipinski definition) is 4. The fourth-order valence-corrected chi connectivity index (χ4v) is 3.04. The van der Waals surface area contributed by atoms with Gasteiger partial charge in [-0.1, -0.05) is 64.4 Å². The van der Waals surface area contributed by atoms with Crippen molar-refractivity contribution in [3.63, 3.8) is 0 Å². The van der Waals surface area contributed by atoms with Gasteiger partial charge in [-0.25, -0.2) is 4.98 Å². The van der Waals surface area contributed by atoms with Crippen molar-refractivity contribution in [1.82, 2.24) is 4.98 Å². The van der Waals surface area contributed by atoms with Crippen molar-refractivity contribution < 1.29 is 4.84 Å². The van der Waals surface area contributed by atoms with Crippen LogP contribution in [-0.2, 0) is 11.4 Å². The van der Waals surface area contributed by atoms with Crippen LogP contribution in [0, 0.1) is 13.8 Å². The monoisotopic (exact) mass is 348 g/mol. The van der Waals surface area contributed by atoms with E-state index in [4.69, 9.17) is 4.84 Å². The lowest BCUT2D eigenvalue weighted by Crippen LogP contribution is -1.92. The van der Waals surface area contributed by atoms with E-state index in [1.165, 1.54) is 11.1 Å². The van der Waals surface area contributed by atoms with Crippen LogP contribution < -0.4 is 0 Å². The highest BCUT2D eigenvalue weighted by Gasteiger charge is 2.04. The molecule has 4 heteroatoms. The maximum absolute atomic E-state index is 5.42. The number of aromatic nitrogens is 1. The van der Waals surface area contributed by atoms with Crippen molar-refractivity contribution in [3.8, 4) is 0 Å². The van der Waals surface area contributed by atoms with E-state index in [0.717, 1.165) is 21.0 Å². The van der Waals surface area contributed by atoms with E-state index in [1.807, 2.05) is 24.3 Å². The van der Waals surface area contributed by atoms with Gasteiger partial charge in [0.05, 0.1) is 6.21 Å². The van der Waals surface area contributed by atoms with Gasteiger partial charge in [-0.15, -0.1) is 0 Å². The van der Waals surface area contributed by atoms with Crippen LogP contribution in [0.1, 0.15) is 22.3 Å². The number of rotatable bonds is 6. The first kappa shape index (κ1) is 17.2. The van der Waals surface area contributed by atoms with Gasteiger partial charge < -0.3 is 4.84 Å². The molecule has 0 unspecified atom stereocenters. The predicted molar refractivity (Wildman–Crippen MR) is 103 cm³/mol. The van der Waals surface area contributed by atoms with Crippen molar-refractivity contribution >= 4 is 18.0 Å². The van der Waals surface area contributed by atoms with Crippen LogP contribution >= 0.6 is 11.8 Å². The normalized spacial score (nSPS) is 11.0. The van der Waals surface area contributed by atoms with Gasteiger partial charge in [0.2, 0.25) is 0 Å². The van der Waals surface area contributed by atoms with Gasteiger partial charge in [0.1, 0.15) is 11.6 Å². The smallest absolute Gasteiger partial charge is 0.142 e. The van der Waals surface area contributed by atoms with E-state index < -0.39 is 0 Å². The summed E-state index contributed by atoms with van der Waals surface area (Å²) < 4.78 is 0. The molecule has 0 radical (unpaired) electrons. The van der Waals surface area contributed by atoms with Crippen LogP contribution in [-0.4, -0.2) is 11.2 Å². The van der Waals surface area contributed by atoms with E-state index in [-0.39, 0.29) is 0 Å². The van der Waals surface area contributed by atoms with Gasteiger partial charge in [0.15, 0.2) is 0 Å². The lowest BCUT2D eigenvalue weighted by atomic mass is 10.2. The first-order valence-electron chi connectivity index (χ1n) is 8.11. The first-order chi connectivity index (χ1) is 12.2. The molecule has 25 heavy (non-hydrogen) atoms. The lowest BCUT2D eigenvalue weighted by molar-refractivity contribution is 0.132. The van der Waals surface area contributed by atoms with E-state index in [1.54, 1.807) is 24.2 Å². The van der Waals surface area contributed by atoms with Gasteiger partial charge in [-0.3, -0.25) is 0 Å². The fraction of sp³-hybridized carbons (Fsp3) is 0.143. The minimum atomic E-state index is 0.456. The molecular weight excluding hydrogens is 328 g/mol. The Hall–Kier alpha value is -2.59. The van der Waals surface area contributed by atoms with Crippen molar-refractivity contribution in [2.45, 2.75) is 30.4 Å². The number of aryl methyl sites for hydroxylation is 2. The molecule has 0 saturated heterocycles. The minimum absolute atomic E-state index is 0.456. The molecule has 126 valence electrons. The molecular formula is C21H20N2OS. The number of pyridine rings is 1. The number of oxime groups is 1. The lowest BCUT2D eigenvalue weighted by Gasteiger charge is -2.05. The summed E-state index contributed by atoms with van der Waals surface area (Å²) in [6.07, 6.45) is 3.51. The van der Waals surface area contributed by atoms with Crippen LogP contribution in [0.2, 0.25) is 0 Å². The highest BCUT2D eigenvalue weighted by atomic mass is 32.2. The Labute approximate surface area is 152 Å². The summed E-state index contributed by atoms with van der Waals surface area (Å²) >= 11 is 1.62. The number of nitrogens with zero attached hydrogens (tertiary/aromatic N) is 2. The van der Waals surface area contributed by atoms with Gasteiger partial charge in [0, 0.05) is 16.7 Å². The third-order valence-corrected chi connectivity index (χ3v) is 4.70. The molecule has 3 nitrogen and oxygen atoms in total. The van der Waals surface area contributed by atoms with Crippen LogP contribution in [0.15, 0.2) is 81.9 Å². The fourth-order valence-electron chi connectivity index (χ4n) is 2.19. The summed E-state index contributed by atoms with van der Waals surface area (Å²) in [5.74, 6) is 0. The second-order valence-electron chi connectivity index (χ2n) is 5.81. The molecule has 0 aliphatic rings. The van der Waals surface area contributed by atoms with Crippen LogP contribution in [0.3, 0.4) is 0 Å². The predicted octanol–water partition coefficient (Wildman–Crippen LogP) is 5.40. The summed E-state index contributed by atoms with van der Waals surface area (Å²) in [5.41, 5.74) is 4.53. The third kappa shape index (κ3) is 5.19. The standard InChI is InChI=1S/C21H20N2OS/c1-16-5-9-18(10-6-16)15-24-23-14-19-4-3-13-22-21(19)25-20-11-7-17(2)8-12-20/h3-14H,15H2,1-2H3/b23-14-. The molecule has 3 aromatic rings. The largest absolute Gasteiger partial charge is 0.391 e. The quantitative estimate of drug-likeness (QED) is 0.442. The van der Waals surface area contributed by atoms with Crippen LogP contribution in [0.4, 0.5) is 0 Å². The zero-order valence-corrected chi connectivity index (χ0v) is 15.2. The van der Waals surface area contributed by atoms with E-state index in [2.05, 4.69) is 60.4 Å². The highest BCUT2D eigenvalue weighted by Crippen LogP contribution is 2.28. The van der Waals surface area contributed by atoms with E-state index in [9.17, 15) is 0 Å². The van der Waals surface area contributed by atoms with Crippen molar-refractivity contribution in [2.24, 2.45) is 5.16 Å². The molecule has 1 aromatic heterocycles. The SMILES string of the molecule is Cc1ccc(CO/N=C\c2cccnc2Sc2ccc(C)cc2)cc1. The van der Waals surface area contributed by atoms with Crippen LogP contribution in [0.5, 0.6) is 0 Å². The molecule has 1 heterocycles. The highest BCUT2D eigenvalue weighted by molar-refractivity contribution is 7.99. The third-order valence-electron chi connectivity index (χ3n) is 3.65. The van der Waals surface area contributed by atoms with E-state index in [0.29, 0.717) is 6.61 Å². The van der Waals surface area contributed by atoms with Crippen molar-refractivity contribution in [1.29, 1.82) is 0 Å². The second kappa shape index (κ2) is 8.49. The Balaban J connectivity index is 1.63. The summed E-state index contributed by atoms with van der Waals surface area (Å²) in [4.78, 5) is 11.0. The van der Waals surface area contributed by atoms with Gasteiger partial charge in [-0.05, 0) is 43.7 Å².